The van der Waals surface area contributed by atoms with Crippen LogP contribution in [-0.2, 0) is 0 Å². The van der Waals surface area contributed by atoms with Gasteiger partial charge in [-0.05, 0) is 24.3 Å². The molecule has 0 saturated heterocycles. The van der Waals surface area contributed by atoms with Crippen LogP contribution in [0.1, 0.15) is 0 Å². The van der Waals surface area contributed by atoms with Gasteiger partial charge in [0.25, 0.3) is 0 Å². The minimum atomic E-state index is -4.78. The third kappa shape index (κ3) is 4.75. The van der Waals surface area contributed by atoms with E-state index >= 15 is 0 Å². The highest BCUT2D eigenvalue weighted by molar-refractivity contribution is 5.68. The van der Waals surface area contributed by atoms with Crippen molar-refractivity contribution in [1.82, 2.24) is 15.0 Å². The Bertz CT molecular complexity index is 919. The van der Waals surface area contributed by atoms with E-state index in [0.29, 0.717) is 17.3 Å². The summed E-state index contributed by atoms with van der Waals surface area (Å²) in [5.74, 6) is 0.806. The molecule has 3 aromatic rings. The number of benzene rings is 1. The zero-order valence-electron chi connectivity index (χ0n) is 14.0. The van der Waals surface area contributed by atoms with Crippen LogP contribution in [0.4, 0.5) is 30.5 Å². The summed E-state index contributed by atoms with van der Waals surface area (Å²) in [6.07, 6.45) is -0.414. The normalized spacial score (nSPS) is 11.1. The molecule has 0 radical (unpaired) electrons. The van der Waals surface area contributed by atoms with Gasteiger partial charge in [-0.15, -0.1) is 13.2 Å². The van der Waals surface area contributed by atoms with Crippen molar-refractivity contribution in [3.05, 3.63) is 55.0 Å². The highest BCUT2D eigenvalue weighted by atomic mass is 19.4. The Balaban J connectivity index is 1.73. The number of nitrogens with two attached hydrogens (primary N) is 1. The van der Waals surface area contributed by atoms with Gasteiger partial charge < -0.3 is 20.1 Å². The molecule has 0 unspecified atom stereocenters. The van der Waals surface area contributed by atoms with Crippen LogP contribution in [0.2, 0.25) is 0 Å². The van der Waals surface area contributed by atoms with Crippen molar-refractivity contribution in [3.63, 3.8) is 0 Å². The smallest absolute Gasteiger partial charge is 0.437 e. The fraction of sp³-hybridized carbons (Fsp3) is 0.118. The number of hydrogen-bond acceptors (Lipinski definition) is 7. The van der Waals surface area contributed by atoms with Crippen LogP contribution >= 0.6 is 0 Å². The average Bonchev–Trinajstić information content (AvgIpc) is 2.61. The Kier molecular flexibility index (Phi) is 4.97. The molecule has 140 valence electrons. The van der Waals surface area contributed by atoms with Crippen molar-refractivity contribution in [3.8, 4) is 17.4 Å². The van der Waals surface area contributed by atoms with Crippen molar-refractivity contribution in [1.29, 1.82) is 0 Å². The molecule has 7 nitrogen and oxygen atoms in total. The molecule has 27 heavy (non-hydrogen) atoms. The molecular formula is C17H14F3N5O2. The molecule has 10 heteroatoms. The van der Waals surface area contributed by atoms with Gasteiger partial charge in [0.2, 0.25) is 5.88 Å². The maximum absolute atomic E-state index is 12.3. The molecule has 0 aliphatic rings. The summed E-state index contributed by atoms with van der Waals surface area (Å²) in [5, 5.41) is 0. The number of aromatic nitrogens is 3. The average molecular weight is 377 g/mol. The van der Waals surface area contributed by atoms with E-state index in [9.17, 15) is 13.2 Å². The molecule has 0 aliphatic heterocycles. The van der Waals surface area contributed by atoms with E-state index in [0.717, 1.165) is 6.07 Å². The topological polar surface area (TPSA) is 86.4 Å². The van der Waals surface area contributed by atoms with Crippen molar-refractivity contribution in [2.75, 3.05) is 17.7 Å². The molecule has 1 aromatic carbocycles. The first-order valence-corrected chi connectivity index (χ1v) is 7.62. The van der Waals surface area contributed by atoms with Crippen LogP contribution in [0.5, 0.6) is 17.4 Å². The molecule has 0 aliphatic carbocycles. The standard InChI is InChI=1S/C17H14F3N5O2/c1-25(16-13(21)6-3-7-22-16)14-9-24-15(10-23-14)26-11-4-2-5-12(8-11)27-17(18,19)20/h2-10H,21H2,1H3. The van der Waals surface area contributed by atoms with Gasteiger partial charge in [0.15, 0.2) is 11.6 Å². The SMILES string of the molecule is CN(c1cnc(Oc2cccc(OC(F)(F)F)c2)cn1)c1ncccc1N. The molecule has 0 saturated carbocycles. The van der Waals surface area contributed by atoms with Gasteiger partial charge in [0.1, 0.15) is 11.5 Å². The van der Waals surface area contributed by atoms with Crippen molar-refractivity contribution in [2.24, 2.45) is 0 Å². The Morgan fingerprint density at radius 1 is 1.00 bits per heavy atom. The van der Waals surface area contributed by atoms with Gasteiger partial charge in [-0.25, -0.2) is 15.0 Å². The van der Waals surface area contributed by atoms with Gasteiger partial charge in [0, 0.05) is 19.3 Å². The van der Waals surface area contributed by atoms with E-state index in [-0.39, 0.29) is 11.6 Å². The van der Waals surface area contributed by atoms with E-state index in [1.807, 2.05) is 0 Å². The first kappa shape index (κ1) is 18.2. The monoisotopic (exact) mass is 377 g/mol. The van der Waals surface area contributed by atoms with Gasteiger partial charge in [-0.2, -0.15) is 0 Å². The number of anilines is 3. The minimum absolute atomic E-state index is 0.102. The predicted molar refractivity (Wildman–Crippen MR) is 91.9 cm³/mol. The van der Waals surface area contributed by atoms with Crippen LogP contribution in [-0.4, -0.2) is 28.4 Å². The van der Waals surface area contributed by atoms with E-state index < -0.39 is 12.1 Å². The Hall–Kier alpha value is -3.56. The first-order valence-electron chi connectivity index (χ1n) is 7.62. The third-order valence-electron chi connectivity index (χ3n) is 3.35. The van der Waals surface area contributed by atoms with Crippen LogP contribution in [0.3, 0.4) is 0 Å². The van der Waals surface area contributed by atoms with Crippen molar-refractivity contribution < 1.29 is 22.6 Å². The summed E-state index contributed by atoms with van der Waals surface area (Å²) in [7, 11) is 1.72. The molecule has 2 aromatic heterocycles. The number of halogens is 3. The third-order valence-corrected chi connectivity index (χ3v) is 3.35. The second kappa shape index (κ2) is 7.36. The van der Waals surface area contributed by atoms with E-state index in [4.69, 9.17) is 10.5 Å². The summed E-state index contributed by atoms with van der Waals surface area (Å²) in [6, 6.07) is 8.53. The van der Waals surface area contributed by atoms with E-state index in [1.165, 1.54) is 30.6 Å². The summed E-state index contributed by atoms with van der Waals surface area (Å²) >= 11 is 0. The van der Waals surface area contributed by atoms with Gasteiger partial charge in [-0.1, -0.05) is 6.07 Å². The maximum atomic E-state index is 12.3. The number of nitrogen functional groups attached to an aromatic ring is 1. The number of pyridine rings is 1. The lowest BCUT2D eigenvalue weighted by Gasteiger charge is -2.18. The molecule has 3 rings (SSSR count). The van der Waals surface area contributed by atoms with Crippen molar-refractivity contribution >= 4 is 17.3 Å². The first-order chi connectivity index (χ1) is 12.8. The summed E-state index contributed by atoms with van der Waals surface area (Å²) in [5.41, 5.74) is 6.36. The van der Waals surface area contributed by atoms with Crippen molar-refractivity contribution in [2.45, 2.75) is 6.36 Å². The number of hydrogen-bond donors (Lipinski definition) is 1. The highest BCUT2D eigenvalue weighted by Crippen LogP contribution is 2.29. The van der Waals surface area contributed by atoms with E-state index in [1.54, 1.807) is 30.3 Å². The molecule has 2 N–H and O–H groups in total. The van der Waals surface area contributed by atoms with Gasteiger partial charge >= 0.3 is 6.36 Å². The molecule has 0 amide bonds. The molecule has 0 bridgehead atoms. The predicted octanol–water partition coefficient (Wildman–Crippen LogP) is 3.91. The highest BCUT2D eigenvalue weighted by Gasteiger charge is 2.31. The summed E-state index contributed by atoms with van der Waals surface area (Å²) in [6.45, 7) is 0. The second-order valence-electron chi connectivity index (χ2n) is 5.31. The Morgan fingerprint density at radius 2 is 1.78 bits per heavy atom. The molecule has 2 heterocycles. The van der Waals surface area contributed by atoms with E-state index in [2.05, 4.69) is 19.7 Å². The molecule has 0 atom stereocenters. The summed E-state index contributed by atoms with van der Waals surface area (Å²) in [4.78, 5) is 14.1. The van der Waals surface area contributed by atoms with Crippen LogP contribution in [0.25, 0.3) is 0 Å². The lowest BCUT2D eigenvalue weighted by atomic mass is 10.3. The van der Waals surface area contributed by atoms with Gasteiger partial charge in [-0.3, -0.25) is 0 Å². The molecule has 0 spiro atoms. The lowest BCUT2D eigenvalue weighted by molar-refractivity contribution is -0.274. The second-order valence-corrected chi connectivity index (χ2v) is 5.31. The van der Waals surface area contributed by atoms with Crippen LogP contribution in [0, 0.1) is 0 Å². The zero-order valence-corrected chi connectivity index (χ0v) is 14.0. The number of ether oxygens (including phenoxy) is 2. The minimum Gasteiger partial charge on any atom is -0.437 e. The molecule has 0 fully saturated rings. The Labute approximate surface area is 152 Å². The quantitative estimate of drug-likeness (QED) is 0.721. The fourth-order valence-corrected chi connectivity index (χ4v) is 2.19. The Morgan fingerprint density at radius 3 is 2.44 bits per heavy atom. The fourth-order valence-electron chi connectivity index (χ4n) is 2.19. The maximum Gasteiger partial charge on any atom is 0.573 e. The lowest BCUT2D eigenvalue weighted by Crippen LogP contribution is -2.17. The van der Waals surface area contributed by atoms with Gasteiger partial charge in [0.05, 0.1) is 18.1 Å². The number of rotatable bonds is 5. The number of nitrogens with zero attached hydrogens (tertiary/aromatic N) is 4. The van der Waals surface area contributed by atoms with Crippen LogP contribution in [0.15, 0.2) is 55.0 Å². The number of alkyl halides is 3. The zero-order chi connectivity index (χ0) is 19.4. The molecular weight excluding hydrogens is 363 g/mol. The largest absolute Gasteiger partial charge is 0.573 e. The summed E-state index contributed by atoms with van der Waals surface area (Å²) < 4.78 is 46.1. The van der Waals surface area contributed by atoms with Crippen LogP contribution < -0.4 is 20.1 Å².